The van der Waals surface area contributed by atoms with Gasteiger partial charge in [-0.1, -0.05) is 12.8 Å². The first kappa shape index (κ1) is 13.8. The zero-order chi connectivity index (χ0) is 14.0. The van der Waals surface area contributed by atoms with Gasteiger partial charge in [-0.2, -0.15) is 0 Å². The number of sulfonamides is 1. The van der Waals surface area contributed by atoms with Gasteiger partial charge in [-0.05, 0) is 30.5 Å². The van der Waals surface area contributed by atoms with E-state index in [2.05, 4.69) is 4.72 Å². The lowest BCUT2D eigenvalue weighted by molar-refractivity contribution is 0.0697. The van der Waals surface area contributed by atoms with Crippen molar-refractivity contribution < 1.29 is 18.3 Å². The molecule has 0 radical (unpaired) electrons. The van der Waals surface area contributed by atoms with Crippen LogP contribution in [-0.4, -0.2) is 26.0 Å². The molecule has 1 fully saturated rings. The molecule has 104 valence electrons. The summed E-state index contributed by atoms with van der Waals surface area (Å²) in [6.07, 6.45) is 3.15. The van der Waals surface area contributed by atoms with Gasteiger partial charge in [-0.15, -0.1) is 0 Å². The molecule has 7 heteroatoms. The minimum absolute atomic E-state index is 0.0329. The molecule has 1 saturated carbocycles. The van der Waals surface area contributed by atoms with E-state index < -0.39 is 16.0 Å². The van der Waals surface area contributed by atoms with E-state index in [-0.39, 0.29) is 16.1 Å². The Hall–Kier alpha value is -1.60. The van der Waals surface area contributed by atoms with E-state index in [1.165, 1.54) is 12.1 Å². The van der Waals surface area contributed by atoms with Crippen LogP contribution in [0.5, 0.6) is 0 Å². The van der Waals surface area contributed by atoms with Crippen LogP contribution < -0.4 is 10.5 Å². The van der Waals surface area contributed by atoms with Gasteiger partial charge in [-0.3, -0.25) is 0 Å². The molecule has 0 bridgehead atoms. The van der Waals surface area contributed by atoms with Crippen molar-refractivity contribution in [2.75, 3.05) is 12.3 Å². The Morgan fingerprint density at radius 2 is 2.11 bits per heavy atom. The Bertz CT molecular complexity index is 594. The molecule has 19 heavy (non-hydrogen) atoms. The van der Waals surface area contributed by atoms with Crippen molar-refractivity contribution >= 4 is 21.7 Å². The van der Waals surface area contributed by atoms with Crippen LogP contribution in [0.1, 0.15) is 29.6 Å². The maximum Gasteiger partial charge on any atom is 0.335 e. The number of nitrogen functional groups attached to an aromatic ring is 1. The zero-order valence-electron chi connectivity index (χ0n) is 10.3. The molecule has 0 aromatic heterocycles. The third-order valence-electron chi connectivity index (χ3n) is 3.09. The molecular formula is C12H16N2O4S. The maximum absolute atomic E-state index is 12.0. The highest BCUT2D eigenvalue weighted by Gasteiger charge is 2.23. The van der Waals surface area contributed by atoms with Gasteiger partial charge in [0.25, 0.3) is 0 Å². The number of anilines is 1. The number of hydrogen-bond acceptors (Lipinski definition) is 4. The minimum Gasteiger partial charge on any atom is -0.478 e. The van der Waals surface area contributed by atoms with Gasteiger partial charge in [0.1, 0.15) is 4.90 Å². The summed E-state index contributed by atoms with van der Waals surface area (Å²) in [7, 11) is -3.67. The van der Waals surface area contributed by atoms with Crippen LogP contribution in [0.4, 0.5) is 5.69 Å². The molecule has 2 rings (SSSR count). The van der Waals surface area contributed by atoms with E-state index >= 15 is 0 Å². The molecular weight excluding hydrogens is 268 g/mol. The van der Waals surface area contributed by atoms with Crippen molar-refractivity contribution in [2.45, 2.75) is 24.2 Å². The predicted octanol–water partition coefficient (Wildman–Crippen LogP) is 1.05. The highest BCUT2D eigenvalue weighted by atomic mass is 32.2. The molecule has 0 amide bonds. The number of nitrogens with one attached hydrogen (secondary N) is 1. The Morgan fingerprint density at radius 3 is 2.63 bits per heavy atom. The predicted molar refractivity (Wildman–Crippen MR) is 70.3 cm³/mol. The summed E-state index contributed by atoms with van der Waals surface area (Å²) in [5, 5.41) is 8.79. The number of carboxylic acid groups (broad SMARTS) is 1. The number of carboxylic acids is 1. The van der Waals surface area contributed by atoms with Crippen molar-refractivity contribution in [1.82, 2.24) is 4.72 Å². The normalized spacial score (nSPS) is 15.4. The molecule has 1 aliphatic carbocycles. The number of carbonyl (C=O) groups is 1. The highest BCUT2D eigenvalue weighted by molar-refractivity contribution is 7.89. The summed E-state index contributed by atoms with van der Waals surface area (Å²) in [5.74, 6) is -0.508. The van der Waals surface area contributed by atoms with Gasteiger partial charge < -0.3 is 10.8 Å². The number of aromatic carboxylic acids is 1. The number of rotatable bonds is 6. The summed E-state index contributed by atoms with van der Waals surface area (Å²) < 4.78 is 26.5. The van der Waals surface area contributed by atoms with Crippen LogP contribution >= 0.6 is 0 Å². The minimum atomic E-state index is -3.67. The smallest absolute Gasteiger partial charge is 0.335 e. The van der Waals surface area contributed by atoms with Gasteiger partial charge in [0.2, 0.25) is 10.0 Å². The van der Waals surface area contributed by atoms with Crippen LogP contribution in [0.3, 0.4) is 0 Å². The Morgan fingerprint density at radius 1 is 1.42 bits per heavy atom. The van der Waals surface area contributed by atoms with Gasteiger partial charge in [0, 0.05) is 6.54 Å². The summed E-state index contributed by atoms with van der Waals surface area (Å²) >= 11 is 0. The molecule has 1 aromatic rings. The lowest BCUT2D eigenvalue weighted by atomic mass is 10.2. The van der Waals surface area contributed by atoms with Gasteiger partial charge in [-0.25, -0.2) is 17.9 Å². The van der Waals surface area contributed by atoms with Gasteiger partial charge >= 0.3 is 5.97 Å². The van der Waals surface area contributed by atoms with E-state index in [0.29, 0.717) is 12.5 Å². The van der Waals surface area contributed by atoms with Crippen LogP contribution in [0.2, 0.25) is 0 Å². The molecule has 4 N–H and O–H groups in total. The topological polar surface area (TPSA) is 109 Å². The second kappa shape index (κ2) is 5.18. The number of nitrogens with two attached hydrogens (primary N) is 1. The molecule has 0 aliphatic heterocycles. The Labute approximate surface area is 111 Å². The van der Waals surface area contributed by atoms with Crippen molar-refractivity contribution in [3.8, 4) is 0 Å². The molecule has 6 nitrogen and oxygen atoms in total. The fourth-order valence-corrected chi connectivity index (χ4v) is 2.97. The monoisotopic (exact) mass is 284 g/mol. The first-order chi connectivity index (χ1) is 8.90. The van der Waals surface area contributed by atoms with Crippen LogP contribution in [0.25, 0.3) is 0 Å². The van der Waals surface area contributed by atoms with E-state index in [9.17, 15) is 13.2 Å². The third kappa shape index (κ3) is 3.45. The van der Waals surface area contributed by atoms with E-state index in [1.54, 1.807) is 0 Å². The molecule has 0 spiro atoms. The van der Waals surface area contributed by atoms with Crippen molar-refractivity contribution in [2.24, 2.45) is 5.92 Å². The largest absolute Gasteiger partial charge is 0.478 e. The number of hydrogen-bond donors (Lipinski definition) is 3. The summed E-state index contributed by atoms with van der Waals surface area (Å²) in [5.41, 5.74) is 5.52. The molecule has 0 atom stereocenters. The molecule has 1 aromatic carbocycles. The van der Waals surface area contributed by atoms with Crippen molar-refractivity contribution in [1.29, 1.82) is 0 Å². The lowest BCUT2D eigenvalue weighted by Crippen LogP contribution is -2.26. The van der Waals surface area contributed by atoms with E-state index in [1.807, 2.05) is 0 Å². The zero-order valence-corrected chi connectivity index (χ0v) is 11.1. The standard InChI is InChI=1S/C12H16N2O4S/c13-10-7-9(12(15)16)3-4-11(10)19(17,18)14-6-5-8-1-2-8/h3-4,7-8,14H,1-2,5-6,13H2,(H,15,16). The summed E-state index contributed by atoms with van der Waals surface area (Å²) in [4.78, 5) is 10.7. The first-order valence-electron chi connectivity index (χ1n) is 6.02. The molecule has 0 unspecified atom stereocenters. The molecule has 0 heterocycles. The average Bonchev–Trinajstić information content (AvgIpc) is 3.12. The first-order valence-corrected chi connectivity index (χ1v) is 7.51. The van der Waals surface area contributed by atoms with Crippen LogP contribution in [0, 0.1) is 5.92 Å². The highest BCUT2D eigenvalue weighted by Crippen LogP contribution is 2.32. The third-order valence-corrected chi connectivity index (χ3v) is 4.62. The van der Waals surface area contributed by atoms with E-state index in [4.69, 9.17) is 10.8 Å². The quantitative estimate of drug-likeness (QED) is 0.676. The average molecular weight is 284 g/mol. The fourth-order valence-electron chi connectivity index (χ4n) is 1.81. The molecule has 1 aliphatic rings. The van der Waals surface area contributed by atoms with Gasteiger partial charge in [0.05, 0.1) is 11.3 Å². The summed E-state index contributed by atoms with van der Waals surface area (Å²) in [6.45, 7) is 0.382. The second-order valence-corrected chi connectivity index (χ2v) is 6.42. The fraction of sp³-hybridized carbons (Fsp3) is 0.417. The Balaban J connectivity index is 2.12. The second-order valence-electron chi connectivity index (χ2n) is 4.69. The van der Waals surface area contributed by atoms with Crippen molar-refractivity contribution in [3.63, 3.8) is 0 Å². The molecule has 0 saturated heterocycles. The Kier molecular flexibility index (Phi) is 3.77. The maximum atomic E-state index is 12.0. The SMILES string of the molecule is Nc1cc(C(=O)O)ccc1S(=O)(=O)NCCC1CC1. The number of benzene rings is 1. The lowest BCUT2D eigenvalue weighted by Gasteiger charge is -2.09. The summed E-state index contributed by atoms with van der Waals surface area (Å²) in [6, 6.07) is 3.60. The van der Waals surface area contributed by atoms with E-state index in [0.717, 1.165) is 25.3 Å². The van der Waals surface area contributed by atoms with Crippen molar-refractivity contribution in [3.05, 3.63) is 23.8 Å². The van der Waals surface area contributed by atoms with Gasteiger partial charge in [0.15, 0.2) is 0 Å². The van der Waals surface area contributed by atoms with Crippen LogP contribution in [0.15, 0.2) is 23.1 Å². The van der Waals surface area contributed by atoms with Crippen LogP contribution in [-0.2, 0) is 10.0 Å².